The van der Waals surface area contributed by atoms with Gasteiger partial charge in [0, 0.05) is 29.9 Å². The Morgan fingerprint density at radius 2 is 2.11 bits per heavy atom. The molecule has 104 valence electrons. The summed E-state index contributed by atoms with van der Waals surface area (Å²) in [5.74, 6) is 2.20. The molecule has 1 atom stereocenters. The minimum absolute atomic E-state index is 0.507. The van der Waals surface area contributed by atoms with Crippen LogP contribution >= 0.6 is 11.8 Å². The van der Waals surface area contributed by atoms with Gasteiger partial charge in [-0.1, -0.05) is 13.8 Å². The van der Waals surface area contributed by atoms with Gasteiger partial charge in [0.2, 0.25) is 0 Å². The molecule has 1 rings (SSSR count). The average Bonchev–Trinajstić information content (AvgIpc) is 2.74. The van der Waals surface area contributed by atoms with E-state index in [0.29, 0.717) is 12.1 Å². The van der Waals surface area contributed by atoms with Crippen LogP contribution in [-0.4, -0.2) is 36.0 Å². The second-order valence-corrected chi connectivity index (χ2v) is 6.09. The van der Waals surface area contributed by atoms with Crippen molar-refractivity contribution in [1.29, 1.82) is 0 Å². The van der Waals surface area contributed by atoms with Crippen LogP contribution in [-0.2, 0) is 13.1 Å². The van der Waals surface area contributed by atoms with Crippen molar-refractivity contribution >= 4 is 11.8 Å². The number of hydrogen-bond donors (Lipinski definition) is 1. The van der Waals surface area contributed by atoms with Gasteiger partial charge in [-0.05, 0) is 26.3 Å². The Morgan fingerprint density at radius 1 is 1.39 bits per heavy atom. The van der Waals surface area contributed by atoms with Gasteiger partial charge in [0.25, 0.3) is 0 Å². The van der Waals surface area contributed by atoms with E-state index in [1.165, 1.54) is 5.56 Å². The summed E-state index contributed by atoms with van der Waals surface area (Å²) in [6.07, 6.45) is 4.00. The fourth-order valence-corrected chi connectivity index (χ4v) is 2.43. The molecule has 0 aliphatic heterocycles. The highest BCUT2D eigenvalue weighted by Gasteiger charge is 2.11. The molecule has 18 heavy (non-hydrogen) atoms. The van der Waals surface area contributed by atoms with Crippen LogP contribution in [0, 0.1) is 0 Å². The van der Waals surface area contributed by atoms with Gasteiger partial charge in [0.1, 0.15) is 5.76 Å². The Morgan fingerprint density at radius 3 is 2.72 bits per heavy atom. The summed E-state index contributed by atoms with van der Waals surface area (Å²) in [4.78, 5) is 2.33. The highest BCUT2D eigenvalue weighted by atomic mass is 32.2. The maximum atomic E-state index is 5.61. The van der Waals surface area contributed by atoms with Gasteiger partial charge < -0.3 is 9.73 Å². The molecule has 0 saturated heterocycles. The summed E-state index contributed by atoms with van der Waals surface area (Å²) in [6.45, 7) is 8.31. The Kier molecular flexibility index (Phi) is 6.82. The van der Waals surface area contributed by atoms with Crippen molar-refractivity contribution in [2.24, 2.45) is 0 Å². The molecule has 0 bridgehead atoms. The number of nitrogens with zero attached hydrogens (tertiary/aromatic N) is 1. The molecule has 0 spiro atoms. The van der Waals surface area contributed by atoms with E-state index in [0.717, 1.165) is 24.6 Å². The van der Waals surface area contributed by atoms with E-state index in [1.807, 2.05) is 18.0 Å². The number of thioether (sulfide) groups is 1. The summed E-state index contributed by atoms with van der Waals surface area (Å²) in [5.41, 5.74) is 1.23. The van der Waals surface area contributed by atoms with E-state index in [1.54, 1.807) is 0 Å². The first-order valence-corrected chi connectivity index (χ1v) is 7.91. The molecule has 3 nitrogen and oxygen atoms in total. The molecule has 1 heterocycles. The number of hydrogen-bond acceptors (Lipinski definition) is 4. The van der Waals surface area contributed by atoms with Crippen LogP contribution in [0.2, 0.25) is 0 Å². The zero-order chi connectivity index (χ0) is 13.5. The first-order chi connectivity index (χ1) is 8.52. The van der Waals surface area contributed by atoms with E-state index < -0.39 is 0 Å². The van der Waals surface area contributed by atoms with Crippen molar-refractivity contribution in [2.45, 2.75) is 45.9 Å². The first kappa shape index (κ1) is 15.6. The second-order valence-electron chi connectivity index (χ2n) is 5.18. The Bertz CT molecular complexity index is 338. The highest BCUT2D eigenvalue weighted by molar-refractivity contribution is 7.98. The molecule has 0 fully saturated rings. The second kappa shape index (κ2) is 7.87. The maximum Gasteiger partial charge on any atom is 0.118 e. The summed E-state index contributed by atoms with van der Waals surface area (Å²) < 4.78 is 5.61. The number of rotatable bonds is 8. The molecule has 0 saturated carbocycles. The van der Waals surface area contributed by atoms with E-state index in [2.05, 4.69) is 50.4 Å². The molecule has 0 amide bonds. The molecule has 4 heteroatoms. The lowest BCUT2D eigenvalue weighted by Crippen LogP contribution is -2.30. The number of furan rings is 1. The third-order valence-corrected chi connectivity index (χ3v) is 3.80. The van der Waals surface area contributed by atoms with Gasteiger partial charge in [0.15, 0.2) is 0 Å². The van der Waals surface area contributed by atoms with E-state index >= 15 is 0 Å². The van der Waals surface area contributed by atoms with E-state index in [9.17, 15) is 0 Å². The zero-order valence-corrected chi connectivity index (χ0v) is 13.0. The van der Waals surface area contributed by atoms with E-state index in [-0.39, 0.29) is 0 Å². The molecule has 0 aliphatic rings. The van der Waals surface area contributed by atoms with Gasteiger partial charge >= 0.3 is 0 Å². The highest BCUT2D eigenvalue weighted by Crippen LogP contribution is 2.13. The van der Waals surface area contributed by atoms with Crippen LogP contribution in [0.1, 0.15) is 32.1 Å². The van der Waals surface area contributed by atoms with Gasteiger partial charge in [0.05, 0.1) is 12.8 Å². The van der Waals surface area contributed by atoms with E-state index in [4.69, 9.17) is 4.42 Å². The average molecular weight is 270 g/mol. The third kappa shape index (κ3) is 5.46. The lowest BCUT2D eigenvalue weighted by atomic mass is 10.2. The standard InChI is InChI=1S/C14H26N2OS/c1-11(2)15-7-13-6-14(17-9-13)8-16(4)12(3)10-18-5/h6,9,11-12,15H,7-8,10H2,1-5H3. The summed E-state index contributed by atoms with van der Waals surface area (Å²) in [5, 5.41) is 3.39. The van der Waals surface area contributed by atoms with Crippen LogP contribution < -0.4 is 5.32 Å². The predicted molar refractivity (Wildman–Crippen MR) is 80.0 cm³/mol. The first-order valence-electron chi connectivity index (χ1n) is 6.51. The van der Waals surface area contributed by atoms with Crippen molar-refractivity contribution in [3.8, 4) is 0 Å². The molecular formula is C14H26N2OS. The minimum atomic E-state index is 0.507. The van der Waals surface area contributed by atoms with Crippen LogP contribution in [0.5, 0.6) is 0 Å². The largest absolute Gasteiger partial charge is 0.468 e. The molecule has 0 aliphatic carbocycles. The Hall–Kier alpha value is -0.450. The molecule has 0 aromatic carbocycles. The Balaban J connectivity index is 2.43. The number of nitrogens with one attached hydrogen (secondary N) is 1. The quantitative estimate of drug-likeness (QED) is 0.786. The lowest BCUT2D eigenvalue weighted by Gasteiger charge is -2.22. The summed E-state index contributed by atoms with van der Waals surface area (Å²) in [6, 6.07) is 3.23. The smallest absolute Gasteiger partial charge is 0.118 e. The van der Waals surface area contributed by atoms with Gasteiger partial charge in [-0.3, -0.25) is 4.90 Å². The molecule has 1 aromatic rings. The van der Waals surface area contributed by atoms with Gasteiger partial charge in [-0.15, -0.1) is 0 Å². The molecule has 1 aromatic heterocycles. The van der Waals surface area contributed by atoms with Crippen molar-refractivity contribution in [1.82, 2.24) is 10.2 Å². The molecular weight excluding hydrogens is 244 g/mol. The minimum Gasteiger partial charge on any atom is -0.468 e. The predicted octanol–water partition coefficient (Wildman–Crippen LogP) is 2.96. The summed E-state index contributed by atoms with van der Waals surface area (Å²) in [7, 11) is 2.15. The topological polar surface area (TPSA) is 28.4 Å². The Labute approximate surface area is 115 Å². The molecule has 0 radical (unpaired) electrons. The van der Waals surface area contributed by atoms with Gasteiger partial charge in [-0.25, -0.2) is 0 Å². The SMILES string of the molecule is CSCC(C)N(C)Cc1cc(CNC(C)C)co1. The van der Waals surface area contributed by atoms with Crippen LogP contribution in [0.4, 0.5) is 0 Å². The third-order valence-electron chi connectivity index (χ3n) is 2.99. The molecule has 1 N–H and O–H groups in total. The molecule has 1 unspecified atom stereocenters. The van der Waals surface area contributed by atoms with Crippen LogP contribution in [0.3, 0.4) is 0 Å². The maximum absolute atomic E-state index is 5.61. The van der Waals surface area contributed by atoms with Crippen molar-refractivity contribution in [2.75, 3.05) is 19.1 Å². The van der Waals surface area contributed by atoms with Crippen LogP contribution in [0.25, 0.3) is 0 Å². The summed E-state index contributed by atoms with van der Waals surface area (Å²) >= 11 is 1.88. The lowest BCUT2D eigenvalue weighted by molar-refractivity contribution is 0.247. The monoisotopic (exact) mass is 270 g/mol. The fraction of sp³-hybridized carbons (Fsp3) is 0.714. The van der Waals surface area contributed by atoms with Crippen molar-refractivity contribution in [3.63, 3.8) is 0 Å². The van der Waals surface area contributed by atoms with Crippen LogP contribution in [0.15, 0.2) is 16.7 Å². The zero-order valence-electron chi connectivity index (χ0n) is 12.2. The van der Waals surface area contributed by atoms with Crippen molar-refractivity contribution in [3.05, 3.63) is 23.7 Å². The fourth-order valence-electron chi connectivity index (χ4n) is 1.69. The normalized spacial score (nSPS) is 13.5. The van der Waals surface area contributed by atoms with Gasteiger partial charge in [-0.2, -0.15) is 11.8 Å². The van der Waals surface area contributed by atoms with Crippen molar-refractivity contribution < 1.29 is 4.42 Å².